The van der Waals surface area contributed by atoms with E-state index < -0.39 is 0 Å². The van der Waals surface area contributed by atoms with Crippen LogP contribution in [0.25, 0.3) is 28.9 Å². The molecule has 0 bridgehead atoms. The van der Waals surface area contributed by atoms with Gasteiger partial charge in [0.15, 0.2) is 0 Å². The Bertz CT molecular complexity index is 993. The van der Waals surface area contributed by atoms with E-state index in [1.54, 1.807) is 0 Å². The Labute approximate surface area is 141 Å². The first-order valence-electron chi connectivity index (χ1n) is 8.09. The van der Waals surface area contributed by atoms with Crippen molar-refractivity contribution in [2.24, 2.45) is 0 Å². The summed E-state index contributed by atoms with van der Waals surface area (Å²) in [5.74, 6) is 0.934. The smallest absolute Gasteiger partial charge is 0.138 e. The van der Waals surface area contributed by atoms with Crippen LogP contribution in [0.4, 0.5) is 0 Å². The lowest BCUT2D eigenvalue weighted by molar-refractivity contribution is 1.07. The molecule has 1 heterocycles. The van der Waals surface area contributed by atoms with Gasteiger partial charge < -0.3 is 0 Å². The number of aromatic nitrogens is 2. The summed E-state index contributed by atoms with van der Waals surface area (Å²) >= 11 is 0. The first-order valence-corrected chi connectivity index (χ1v) is 8.09. The average Bonchev–Trinajstić information content (AvgIpc) is 3.00. The van der Waals surface area contributed by atoms with E-state index in [0.717, 1.165) is 22.5 Å². The van der Waals surface area contributed by atoms with Crippen LogP contribution in [0.5, 0.6) is 0 Å². The van der Waals surface area contributed by atoms with Crippen LogP contribution in [0, 0.1) is 6.92 Å². The third-order valence-corrected chi connectivity index (χ3v) is 4.10. The van der Waals surface area contributed by atoms with Crippen LogP contribution in [0.1, 0.15) is 17.0 Å². The average molecular weight is 310 g/mol. The Hall–Kier alpha value is -3.13. The molecular formula is C22H18N2. The van der Waals surface area contributed by atoms with Crippen molar-refractivity contribution in [1.29, 1.82) is 0 Å². The standard InChI is InChI=1S/C22H18N2/c1-17-11-14-19(15-12-17)24-21-10-6-5-9-20(21)23-22(24)16-13-18-7-3-2-4-8-18/h2-16H,1H3/b16-13+. The summed E-state index contributed by atoms with van der Waals surface area (Å²) in [6.07, 6.45) is 4.18. The van der Waals surface area contributed by atoms with Crippen molar-refractivity contribution < 1.29 is 0 Å². The Kier molecular flexibility index (Phi) is 3.72. The summed E-state index contributed by atoms with van der Waals surface area (Å²) < 4.78 is 2.20. The van der Waals surface area contributed by atoms with Crippen molar-refractivity contribution in [2.75, 3.05) is 0 Å². The zero-order valence-corrected chi connectivity index (χ0v) is 13.6. The topological polar surface area (TPSA) is 17.8 Å². The van der Waals surface area contributed by atoms with E-state index in [9.17, 15) is 0 Å². The number of imidazole rings is 1. The molecule has 0 amide bonds. The molecule has 0 N–H and O–H groups in total. The predicted octanol–water partition coefficient (Wildman–Crippen LogP) is 5.50. The Balaban J connectivity index is 1.87. The van der Waals surface area contributed by atoms with Gasteiger partial charge >= 0.3 is 0 Å². The van der Waals surface area contributed by atoms with Crippen molar-refractivity contribution in [3.8, 4) is 5.69 Å². The minimum Gasteiger partial charge on any atom is -0.293 e. The van der Waals surface area contributed by atoms with Gasteiger partial charge in [0.2, 0.25) is 0 Å². The molecule has 0 saturated carbocycles. The van der Waals surface area contributed by atoms with Crippen LogP contribution in [-0.4, -0.2) is 9.55 Å². The van der Waals surface area contributed by atoms with Crippen LogP contribution in [0.3, 0.4) is 0 Å². The van der Waals surface area contributed by atoms with Gasteiger partial charge in [-0.25, -0.2) is 4.98 Å². The Morgan fingerprint density at radius 2 is 1.46 bits per heavy atom. The van der Waals surface area contributed by atoms with Gasteiger partial charge in [-0.3, -0.25) is 4.57 Å². The van der Waals surface area contributed by atoms with Crippen molar-refractivity contribution >= 4 is 23.2 Å². The molecule has 0 aliphatic heterocycles. The van der Waals surface area contributed by atoms with Gasteiger partial charge in [0, 0.05) is 5.69 Å². The third kappa shape index (κ3) is 2.74. The predicted molar refractivity (Wildman–Crippen MR) is 101 cm³/mol. The first kappa shape index (κ1) is 14.5. The third-order valence-electron chi connectivity index (χ3n) is 4.10. The fraction of sp³-hybridized carbons (Fsp3) is 0.0455. The second kappa shape index (κ2) is 6.17. The van der Waals surface area contributed by atoms with Gasteiger partial charge in [-0.05, 0) is 42.8 Å². The highest BCUT2D eigenvalue weighted by atomic mass is 15.1. The van der Waals surface area contributed by atoms with Crippen LogP contribution in [-0.2, 0) is 0 Å². The molecule has 4 aromatic rings. The van der Waals surface area contributed by atoms with E-state index in [0.29, 0.717) is 0 Å². The summed E-state index contributed by atoms with van der Waals surface area (Å²) in [4.78, 5) is 4.80. The van der Waals surface area contributed by atoms with E-state index in [4.69, 9.17) is 4.98 Å². The van der Waals surface area contributed by atoms with Crippen LogP contribution in [0.2, 0.25) is 0 Å². The Morgan fingerprint density at radius 1 is 0.750 bits per heavy atom. The fourth-order valence-electron chi connectivity index (χ4n) is 2.86. The largest absolute Gasteiger partial charge is 0.293 e. The second-order valence-electron chi connectivity index (χ2n) is 5.87. The van der Waals surface area contributed by atoms with Gasteiger partial charge in [-0.15, -0.1) is 0 Å². The monoisotopic (exact) mass is 310 g/mol. The van der Waals surface area contributed by atoms with E-state index in [1.165, 1.54) is 11.1 Å². The molecule has 0 aliphatic carbocycles. The van der Waals surface area contributed by atoms with Crippen LogP contribution in [0.15, 0.2) is 78.9 Å². The molecular weight excluding hydrogens is 292 g/mol. The van der Waals surface area contributed by atoms with E-state index in [2.05, 4.69) is 78.2 Å². The molecule has 0 atom stereocenters. The maximum absolute atomic E-state index is 4.80. The molecule has 0 saturated heterocycles. The lowest BCUT2D eigenvalue weighted by atomic mass is 10.2. The summed E-state index contributed by atoms with van der Waals surface area (Å²) in [6, 6.07) is 27.1. The summed E-state index contributed by atoms with van der Waals surface area (Å²) in [7, 11) is 0. The first-order chi connectivity index (χ1) is 11.8. The van der Waals surface area contributed by atoms with Crippen molar-refractivity contribution in [3.63, 3.8) is 0 Å². The van der Waals surface area contributed by atoms with Crippen molar-refractivity contribution in [1.82, 2.24) is 9.55 Å². The molecule has 0 unspecified atom stereocenters. The van der Waals surface area contributed by atoms with Gasteiger partial charge in [0.25, 0.3) is 0 Å². The highest BCUT2D eigenvalue weighted by Gasteiger charge is 2.09. The van der Waals surface area contributed by atoms with Gasteiger partial charge in [0.05, 0.1) is 11.0 Å². The van der Waals surface area contributed by atoms with Crippen LogP contribution >= 0.6 is 0 Å². The molecule has 0 fully saturated rings. The van der Waals surface area contributed by atoms with E-state index >= 15 is 0 Å². The van der Waals surface area contributed by atoms with Crippen molar-refractivity contribution in [3.05, 3.63) is 95.8 Å². The highest BCUT2D eigenvalue weighted by molar-refractivity contribution is 5.82. The molecule has 2 heteroatoms. The fourth-order valence-corrected chi connectivity index (χ4v) is 2.86. The number of fused-ring (bicyclic) bond motifs is 1. The highest BCUT2D eigenvalue weighted by Crippen LogP contribution is 2.23. The normalized spacial score (nSPS) is 11.4. The molecule has 2 nitrogen and oxygen atoms in total. The number of hydrogen-bond acceptors (Lipinski definition) is 1. The van der Waals surface area contributed by atoms with E-state index in [1.807, 2.05) is 24.3 Å². The molecule has 1 aromatic heterocycles. The summed E-state index contributed by atoms with van der Waals surface area (Å²) in [5.41, 5.74) is 5.67. The number of hydrogen-bond donors (Lipinski definition) is 0. The van der Waals surface area contributed by atoms with Gasteiger partial charge in [-0.1, -0.05) is 66.2 Å². The lowest BCUT2D eigenvalue weighted by Gasteiger charge is -2.07. The van der Waals surface area contributed by atoms with Crippen molar-refractivity contribution in [2.45, 2.75) is 6.92 Å². The summed E-state index contributed by atoms with van der Waals surface area (Å²) in [5, 5.41) is 0. The molecule has 0 spiro atoms. The molecule has 0 aliphatic rings. The number of rotatable bonds is 3. The molecule has 24 heavy (non-hydrogen) atoms. The Morgan fingerprint density at radius 3 is 2.25 bits per heavy atom. The summed E-state index contributed by atoms with van der Waals surface area (Å²) in [6.45, 7) is 2.10. The molecule has 4 rings (SSSR count). The zero-order valence-electron chi connectivity index (χ0n) is 13.6. The van der Waals surface area contributed by atoms with Gasteiger partial charge in [-0.2, -0.15) is 0 Å². The SMILES string of the molecule is Cc1ccc(-n2c(/C=C/c3ccccc3)nc3ccccc32)cc1. The molecule has 116 valence electrons. The zero-order chi connectivity index (χ0) is 16.4. The quantitative estimate of drug-likeness (QED) is 0.488. The number of para-hydroxylation sites is 2. The van der Waals surface area contributed by atoms with Gasteiger partial charge in [0.1, 0.15) is 5.82 Å². The number of nitrogens with zero attached hydrogens (tertiary/aromatic N) is 2. The minimum atomic E-state index is 0.934. The number of benzene rings is 3. The molecule has 3 aromatic carbocycles. The van der Waals surface area contributed by atoms with Crippen LogP contribution < -0.4 is 0 Å². The molecule has 0 radical (unpaired) electrons. The maximum atomic E-state index is 4.80. The lowest BCUT2D eigenvalue weighted by Crippen LogP contribution is -1.97. The van der Waals surface area contributed by atoms with E-state index in [-0.39, 0.29) is 0 Å². The number of aryl methyl sites for hydroxylation is 1. The second-order valence-corrected chi connectivity index (χ2v) is 5.87. The maximum Gasteiger partial charge on any atom is 0.138 e. The minimum absolute atomic E-state index is 0.934.